The van der Waals surface area contributed by atoms with Crippen LogP contribution in [0.4, 0.5) is 5.69 Å². The fraction of sp³-hybridized carbons (Fsp3) is 0.417. The van der Waals surface area contributed by atoms with E-state index >= 15 is 0 Å². The molecule has 1 N–H and O–H groups in total. The van der Waals surface area contributed by atoms with Crippen molar-refractivity contribution in [3.8, 4) is 11.8 Å². The van der Waals surface area contributed by atoms with Crippen molar-refractivity contribution in [2.45, 2.75) is 44.9 Å². The number of nitrogens with one attached hydrogen (secondary N) is 1. The number of hydrogen-bond donors (Lipinski definition) is 1. The van der Waals surface area contributed by atoms with Crippen LogP contribution in [0.5, 0.6) is 5.75 Å². The first-order valence-electron chi connectivity index (χ1n) is 10.2. The molecule has 1 aliphatic heterocycles. The molecule has 0 aliphatic carbocycles. The van der Waals surface area contributed by atoms with Gasteiger partial charge < -0.3 is 14.8 Å². The van der Waals surface area contributed by atoms with E-state index in [2.05, 4.69) is 24.4 Å². The Hall–Kier alpha value is -2.84. The smallest absolute Gasteiger partial charge is 0.235 e. The zero-order chi connectivity index (χ0) is 20.7. The Morgan fingerprint density at radius 2 is 2.03 bits per heavy atom. The lowest BCUT2D eigenvalue weighted by molar-refractivity contribution is -0.125. The van der Waals surface area contributed by atoms with E-state index in [0.29, 0.717) is 49.7 Å². The molecule has 1 amide bonds. The van der Waals surface area contributed by atoms with Gasteiger partial charge in [0.2, 0.25) is 5.91 Å². The van der Waals surface area contributed by atoms with Gasteiger partial charge in [0.25, 0.3) is 0 Å². The summed E-state index contributed by atoms with van der Waals surface area (Å²) in [5.74, 6) is 0.494. The molecule has 0 bridgehead atoms. The highest BCUT2D eigenvalue weighted by atomic mass is 16.5. The molecule has 2 aromatic carbocycles. The number of carbonyl (C=O) groups is 1. The third-order valence-electron chi connectivity index (χ3n) is 5.46. The zero-order valence-electron chi connectivity index (χ0n) is 17.2. The second-order valence-corrected chi connectivity index (χ2v) is 7.54. The van der Waals surface area contributed by atoms with Crippen molar-refractivity contribution in [2.24, 2.45) is 0 Å². The molecule has 152 valence electrons. The summed E-state index contributed by atoms with van der Waals surface area (Å²) in [5.41, 5.74) is 2.54. The minimum atomic E-state index is -0.632. The lowest BCUT2D eigenvalue weighted by Crippen LogP contribution is -2.44. The van der Waals surface area contributed by atoms with Crippen molar-refractivity contribution in [3.63, 3.8) is 0 Å². The molecule has 0 radical (unpaired) electrons. The quantitative estimate of drug-likeness (QED) is 0.691. The van der Waals surface area contributed by atoms with Crippen LogP contribution in [0.15, 0.2) is 42.5 Å². The van der Waals surface area contributed by atoms with Gasteiger partial charge in [-0.3, -0.25) is 4.79 Å². The van der Waals surface area contributed by atoms with Crippen molar-refractivity contribution in [1.82, 2.24) is 0 Å². The number of unbranched alkanes of at least 4 members (excludes halogenated alkanes) is 1. The normalized spacial score (nSPS) is 15.3. The van der Waals surface area contributed by atoms with E-state index in [1.54, 1.807) is 18.2 Å². The van der Waals surface area contributed by atoms with Crippen molar-refractivity contribution in [1.29, 1.82) is 5.26 Å². The highest BCUT2D eigenvalue weighted by Gasteiger charge is 2.41. The number of carbonyl (C=O) groups excluding carboxylic acids is 1. The number of benzene rings is 2. The van der Waals surface area contributed by atoms with E-state index in [0.717, 1.165) is 24.0 Å². The summed E-state index contributed by atoms with van der Waals surface area (Å²) in [6, 6.07) is 15.5. The third kappa shape index (κ3) is 4.78. The molecule has 0 aromatic heterocycles. The Morgan fingerprint density at radius 3 is 2.72 bits per heavy atom. The van der Waals surface area contributed by atoms with E-state index < -0.39 is 5.41 Å². The number of ether oxygens (including phenoxy) is 2. The van der Waals surface area contributed by atoms with Gasteiger partial charge in [0, 0.05) is 18.9 Å². The van der Waals surface area contributed by atoms with Gasteiger partial charge in [0.15, 0.2) is 0 Å². The lowest BCUT2D eigenvalue weighted by Gasteiger charge is -2.36. The molecule has 0 atom stereocenters. The summed E-state index contributed by atoms with van der Waals surface area (Å²) in [6.45, 7) is 5.80. The molecule has 2 aromatic rings. The van der Waals surface area contributed by atoms with Gasteiger partial charge in [-0.15, -0.1) is 0 Å². The summed E-state index contributed by atoms with van der Waals surface area (Å²) in [4.78, 5) is 13.4. The predicted molar refractivity (Wildman–Crippen MR) is 113 cm³/mol. The maximum atomic E-state index is 13.4. The van der Waals surface area contributed by atoms with E-state index in [1.165, 1.54) is 0 Å². The Morgan fingerprint density at radius 1 is 1.24 bits per heavy atom. The van der Waals surface area contributed by atoms with Gasteiger partial charge in [-0.25, -0.2) is 0 Å². The average molecular weight is 392 g/mol. The monoisotopic (exact) mass is 392 g/mol. The molecule has 29 heavy (non-hydrogen) atoms. The second-order valence-electron chi connectivity index (χ2n) is 7.54. The topological polar surface area (TPSA) is 71.3 Å². The van der Waals surface area contributed by atoms with E-state index in [1.807, 2.05) is 25.1 Å². The van der Waals surface area contributed by atoms with Gasteiger partial charge in [-0.2, -0.15) is 5.26 Å². The van der Waals surface area contributed by atoms with Gasteiger partial charge in [-0.1, -0.05) is 43.2 Å². The first-order valence-corrected chi connectivity index (χ1v) is 10.2. The largest absolute Gasteiger partial charge is 0.492 e. The maximum Gasteiger partial charge on any atom is 0.235 e. The summed E-state index contributed by atoms with van der Waals surface area (Å²) < 4.78 is 11.2. The van der Waals surface area contributed by atoms with Crippen LogP contribution in [0.3, 0.4) is 0 Å². The van der Waals surface area contributed by atoms with E-state index in [4.69, 9.17) is 9.47 Å². The van der Waals surface area contributed by atoms with Gasteiger partial charge >= 0.3 is 0 Å². The van der Waals surface area contributed by atoms with Crippen molar-refractivity contribution < 1.29 is 14.3 Å². The van der Waals surface area contributed by atoms with Crippen LogP contribution < -0.4 is 10.1 Å². The Kier molecular flexibility index (Phi) is 6.90. The molecular formula is C24H28N2O3. The summed E-state index contributed by atoms with van der Waals surface area (Å²) in [5, 5.41) is 12.5. The minimum absolute atomic E-state index is 0.0602. The van der Waals surface area contributed by atoms with E-state index in [9.17, 15) is 10.1 Å². The van der Waals surface area contributed by atoms with Crippen molar-refractivity contribution >= 4 is 11.6 Å². The molecule has 0 saturated carbocycles. The number of anilines is 1. The SMILES string of the molecule is CCCCOc1ccc(NC(=O)C2(c3cccc(C)c3)CCOCC2)cc1C#N. The molecule has 0 unspecified atom stereocenters. The van der Waals surface area contributed by atoms with Crippen LogP contribution in [-0.2, 0) is 14.9 Å². The van der Waals surface area contributed by atoms with Crippen LogP contribution in [0, 0.1) is 18.3 Å². The van der Waals surface area contributed by atoms with Crippen LogP contribution in [0.25, 0.3) is 0 Å². The number of nitriles is 1. The highest BCUT2D eigenvalue weighted by Crippen LogP contribution is 2.37. The first-order chi connectivity index (χ1) is 14.1. The Balaban J connectivity index is 1.84. The Bertz CT molecular complexity index is 895. The number of amides is 1. The van der Waals surface area contributed by atoms with Crippen molar-refractivity contribution in [2.75, 3.05) is 25.1 Å². The Labute approximate surface area is 172 Å². The third-order valence-corrected chi connectivity index (χ3v) is 5.46. The van der Waals surface area contributed by atoms with Crippen LogP contribution in [0.1, 0.15) is 49.3 Å². The average Bonchev–Trinajstić information content (AvgIpc) is 2.75. The van der Waals surface area contributed by atoms with Crippen molar-refractivity contribution in [3.05, 3.63) is 59.2 Å². The van der Waals surface area contributed by atoms with Gasteiger partial charge in [0.1, 0.15) is 11.8 Å². The predicted octanol–water partition coefficient (Wildman–Crippen LogP) is 4.73. The van der Waals surface area contributed by atoms with Gasteiger partial charge in [0.05, 0.1) is 17.6 Å². The fourth-order valence-corrected chi connectivity index (χ4v) is 3.71. The first kappa shape index (κ1) is 20.9. The summed E-state index contributed by atoms with van der Waals surface area (Å²) in [6.07, 6.45) is 3.22. The second kappa shape index (κ2) is 9.58. The number of aryl methyl sites for hydroxylation is 1. The molecular weight excluding hydrogens is 364 g/mol. The van der Waals surface area contributed by atoms with E-state index in [-0.39, 0.29) is 5.91 Å². The lowest BCUT2D eigenvalue weighted by atomic mass is 9.73. The zero-order valence-corrected chi connectivity index (χ0v) is 17.2. The van der Waals surface area contributed by atoms with Crippen LogP contribution >= 0.6 is 0 Å². The summed E-state index contributed by atoms with van der Waals surface area (Å²) in [7, 11) is 0. The number of rotatable bonds is 7. The maximum absolute atomic E-state index is 13.4. The molecule has 1 aliphatic rings. The minimum Gasteiger partial charge on any atom is -0.492 e. The number of nitrogens with zero attached hydrogens (tertiary/aromatic N) is 1. The molecule has 5 heteroatoms. The molecule has 1 fully saturated rings. The molecule has 0 spiro atoms. The number of hydrogen-bond acceptors (Lipinski definition) is 4. The van der Waals surface area contributed by atoms with Crippen LogP contribution in [-0.4, -0.2) is 25.7 Å². The molecule has 1 heterocycles. The molecule has 3 rings (SSSR count). The highest BCUT2D eigenvalue weighted by molar-refractivity contribution is 5.99. The molecule has 5 nitrogen and oxygen atoms in total. The summed E-state index contributed by atoms with van der Waals surface area (Å²) >= 11 is 0. The standard InChI is InChI=1S/C24H28N2O3/c1-3-4-12-29-22-9-8-21(16-19(22)17-25)26-23(27)24(10-13-28-14-11-24)20-7-5-6-18(2)15-20/h5-9,15-16H,3-4,10-14H2,1-2H3,(H,26,27). The van der Waals surface area contributed by atoms with Gasteiger partial charge in [-0.05, 0) is 49.9 Å². The molecule has 1 saturated heterocycles. The van der Waals surface area contributed by atoms with Crippen LogP contribution in [0.2, 0.25) is 0 Å². The fourth-order valence-electron chi connectivity index (χ4n) is 3.71.